The van der Waals surface area contributed by atoms with E-state index in [1.54, 1.807) is 17.8 Å². The number of halogens is 1. The van der Waals surface area contributed by atoms with E-state index in [9.17, 15) is 4.39 Å². The summed E-state index contributed by atoms with van der Waals surface area (Å²) >= 11 is 1.61. The average molecular weight is 278 g/mol. The Bertz CT molecular complexity index is 558. The Hall–Kier alpha value is -1.52. The van der Waals surface area contributed by atoms with Gasteiger partial charge < -0.3 is 9.84 Å². The number of aliphatic hydroxyl groups is 1. The largest absolute Gasteiger partial charge is 0.494 e. The molecule has 2 nitrogen and oxygen atoms in total. The van der Waals surface area contributed by atoms with E-state index in [0.29, 0.717) is 5.75 Å². The van der Waals surface area contributed by atoms with Crippen molar-refractivity contribution >= 4 is 11.8 Å². The van der Waals surface area contributed by atoms with E-state index >= 15 is 0 Å². The van der Waals surface area contributed by atoms with E-state index in [1.165, 1.54) is 13.2 Å². The number of aliphatic hydroxyl groups excluding tert-OH is 1. The molecule has 100 valence electrons. The standard InChI is InChI=1S/C15H15FO2S/c1-18-15-6-5-12(8-14(15)16)10-19-13-4-2-3-11(7-13)9-17/h2-8,17H,9-10H2,1H3. The van der Waals surface area contributed by atoms with Gasteiger partial charge in [0.1, 0.15) is 0 Å². The monoisotopic (exact) mass is 278 g/mol. The van der Waals surface area contributed by atoms with Crippen molar-refractivity contribution < 1.29 is 14.2 Å². The predicted octanol–water partition coefficient (Wildman–Crippen LogP) is 3.62. The fourth-order valence-electron chi connectivity index (χ4n) is 1.70. The smallest absolute Gasteiger partial charge is 0.165 e. The van der Waals surface area contributed by atoms with E-state index in [4.69, 9.17) is 9.84 Å². The van der Waals surface area contributed by atoms with Crippen LogP contribution in [0.25, 0.3) is 0 Å². The molecule has 0 unspecified atom stereocenters. The second-order valence-corrected chi connectivity index (χ2v) is 5.11. The molecule has 19 heavy (non-hydrogen) atoms. The van der Waals surface area contributed by atoms with Crippen molar-refractivity contribution in [3.8, 4) is 5.75 Å². The summed E-state index contributed by atoms with van der Waals surface area (Å²) in [7, 11) is 1.45. The Balaban J connectivity index is 2.03. The number of ether oxygens (including phenoxy) is 1. The van der Waals surface area contributed by atoms with Crippen LogP contribution in [0, 0.1) is 5.82 Å². The van der Waals surface area contributed by atoms with Gasteiger partial charge in [-0.25, -0.2) is 4.39 Å². The number of methoxy groups -OCH3 is 1. The molecule has 0 atom stereocenters. The molecule has 2 aromatic rings. The highest BCUT2D eigenvalue weighted by Crippen LogP contribution is 2.26. The molecule has 2 rings (SSSR count). The third-order valence-electron chi connectivity index (χ3n) is 2.70. The van der Waals surface area contributed by atoms with Crippen LogP contribution in [0.5, 0.6) is 5.75 Å². The molecule has 1 N–H and O–H groups in total. The molecule has 0 fully saturated rings. The lowest BCUT2D eigenvalue weighted by Gasteiger charge is -2.06. The second-order valence-electron chi connectivity index (χ2n) is 4.06. The van der Waals surface area contributed by atoms with Crippen LogP contribution >= 0.6 is 11.8 Å². The summed E-state index contributed by atoms with van der Waals surface area (Å²) in [5.74, 6) is 0.594. The number of thioether (sulfide) groups is 1. The normalized spacial score (nSPS) is 10.5. The van der Waals surface area contributed by atoms with Gasteiger partial charge in [-0.3, -0.25) is 0 Å². The lowest BCUT2D eigenvalue weighted by atomic mass is 10.2. The minimum atomic E-state index is -0.343. The molecule has 0 bridgehead atoms. The van der Waals surface area contributed by atoms with E-state index in [0.717, 1.165) is 16.0 Å². The van der Waals surface area contributed by atoms with Crippen molar-refractivity contribution in [1.82, 2.24) is 0 Å². The summed E-state index contributed by atoms with van der Waals surface area (Å²) in [5.41, 5.74) is 1.78. The molecule has 0 aliphatic carbocycles. The number of hydrogen-bond acceptors (Lipinski definition) is 3. The molecule has 0 saturated carbocycles. The highest BCUT2D eigenvalue weighted by Gasteiger charge is 2.04. The zero-order valence-corrected chi connectivity index (χ0v) is 11.4. The van der Waals surface area contributed by atoms with Crippen LogP contribution in [0.15, 0.2) is 47.4 Å². The fourth-order valence-corrected chi connectivity index (χ4v) is 2.62. The topological polar surface area (TPSA) is 29.5 Å². The van der Waals surface area contributed by atoms with Crippen LogP contribution in [-0.2, 0) is 12.4 Å². The van der Waals surface area contributed by atoms with Crippen LogP contribution in [0.2, 0.25) is 0 Å². The Labute approximate surface area is 116 Å². The van der Waals surface area contributed by atoms with Crippen molar-refractivity contribution in [1.29, 1.82) is 0 Å². The van der Waals surface area contributed by atoms with Gasteiger partial charge >= 0.3 is 0 Å². The highest BCUT2D eigenvalue weighted by molar-refractivity contribution is 7.98. The van der Waals surface area contributed by atoms with Gasteiger partial charge in [-0.1, -0.05) is 18.2 Å². The molecule has 0 radical (unpaired) electrons. The summed E-state index contributed by atoms with van der Waals surface area (Å²) in [4.78, 5) is 1.06. The Morgan fingerprint density at radius 2 is 2.00 bits per heavy atom. The number of hydrogen-bond donors (Lipinski definition) is 1. The van der Waals surface area contributed by atoms with Gasteiger partial charge in [0.2, 0.25) is 0 Å². The SMILES string of the molecule is COc1ccc(CSc2cccc(CO)c2)cc1F. The zero-order chi connectivity index (χ0) is 13.7. The Morgan fingerprint density at radius 3 is 2.68 bits per heavy atom. The molecule has 0 aliphatic rings. The van der Waals surface area contributed by atoms with Crippen LogP contribution in [0.1, 0.15) is 11.1 Å². The third kappa shape index (κ3) is 3.72. The molecule has 4 heteroatoms. The third-order valence-corrected chi connectivity index (χ3v) is 3.77. The maximum Gasteiger partial charge on any atom is 0.165 e. The minimum absolute atomic E-state index is 0.0333. The van der Waals surface area contributed by atoms with Crippen molar-refractivity contribution in [2.75, 3.05) is 7.11 Å². The molecule has 0 spiro atoms. The fraction of sp³-hybridized carbons (Fsp3) is 0.200. The van der Waals surface area contributed by atoms with Crippen molar-refractivity contribution in [2.45, 2.75) is 17.3 Å². The molecule has 0 heterocycles. The summed E-state index contributed by atoms with van der Waals surface area (Å²) in [6.07, 6.45) is 0. The lowest BCUT2D eigenvalue weighted by Crippen LogP contribution is -1.90. The summed E-state index contributed by atoms with van der Waals surface area (Å²) in [5, 5.41) is 9.07. The van der Waals surface area contributed by atoms with Crippen molar-refractivity contribution in [3.63, 3.8) is 0 Å². The van der Waals surface area contributed by atoms with E-state index in [-0.39, 0.29) is 18.2 Å². The molecule has 0 saturated heterocycles. The molecule has 0 aromatic heterocycles. The Morgan fingerprint density at radius 1 is 1.16 bits per heavy atom. The second kappa shape index (κ2) is 6.59. The lowest BCUT2D eigenvalue weighted by molar-refractivity contribution is 0.281. The van der Waals surface area contributed by atoms with Crippen molar-refractivity contribution in [3.05, 3.63) is 59.4 Å². The Kier molecular flexibility index (Phi) is 4.82. The van der Waals surface area contributed by atoms with E-state index < -0.39 is 0 Å². The minimum Gasteiger partial charge on any atom is -0.494 e. The van der Waals surface area contributed by atoms with E-state index in [1.807, 2.05) is 30.3 Å². The first-order chi connectivity index (χ1) is 9.22. The number of benzene rings is 2. The van der Waals surface area contributed by atoms with Crippen LogP contribution < -0.4 is 4.74 Å². The van der Waals surface area contributed by atoms with Crippen LogP contribution in [0.3, 0.4) is 0 Å². The van der Waals surface area contributed by atoms with Gasteiger partial charge in [0.05, 0.1) is 13.7 Å². The quantitative estimate of drug-likeness (QED) is 0.847. The summed E-state index contributed by atoms with van der Waals surface area (Å²) < 4.78 is 18.4. The van der Waals surface area contributed by atoms with Crippen LogP contribution in [-0.4, -0.2) is 12.2 Å². The van der Waals surface area contributed by atoms with Crippen LogP contribution in [0.4, 0.5) is 4.39 Å². The molecular weight excluding hydrogens is 263 g/mol. The van der Waals surface area contributed by atoms with Crippen molar-refractivity contribution in [2.24, 2.45) is 0 Å². The van der Waals surface area contributed by atoms with Gasteiger partial charge in [0.15, 0.2) is 11.6 Å². The highest BCUT2D eigenvalue weighted by atomic mass is 32.2. The average Bonchev–Trinajstić information content (AvgIpc) is 2.45. The maximum absolute atomic E-state index is 13.5. The number of rotatable bonds is 5. The van der Waals surface area contributed by atoms with Gasteiger partial charge in [-0.15, -0.1) is 11.8 Å². The van der Waals surface area contributed by atoms with E-state index in [2.05, 4.69) is 0 Å². The first kappa shape index (κ1) is 13.9. The predicted molar refractivity (Wildman–Crippen MR) is 74.9 cm³/mol. The zero-order valence-electron chi connectivity index (χ0n) is 10.6. The molecule has 2 aromatic carbocycles. The van der Waals surface area contributed by atoms with Gasteiger partial charge in [-0.05, 0) is 35.4 Å². The molecule has 0 aliphatic heterocycles. The molecule has 0 amide bonds. The first-order valence-electron chi connectivity index (χ1n) is 5.88. The van der Waals surface area contributed by atoms with Gasteiger partial charge in [0.25, 0.3) is 0 Å². The van der Waals surface area contributed by atoms with Gasteiger partial charge in [0, 0.05) is 10.6 Å². The summed E-state index contributed by atoms with van der Waals surface area (Å²) in [6, 6.07) is 12.7. The first-order valence-corrected chi connectivity index (χ1v) is 6.86. The maximum atomic E-state index is 13.5. The summed E-state index contributed by atoms with van der Waals surface area (Å²) in [6.45, 7) is 0.0333. The molecular formula is C15H15FO2S. The van der Waals surface area contributed by atoms with Gasteiger partial charge in [-0.2, -0.15) is 0 Å².